The lowest BCUT2D eigenvalue weighted by molar-refractivity contribution is 0.0918. The van der Waals surface area contributed by atoms with Gasteiger partial charge in [-0.1, -0.05) is 29.8 Å². The van der Waals surface area contributed by atoms with Crippen LogP contribution in [-0.4, -0.2) is 38.2 Å². The van der Waals surface area contributed by atoms with E-state index in [-0.39, 0.29) is 11.5 Å². The number of rotatable bonds is 6. The number of hydrogen-bond acceptors (Lipinski definition) is 4. The van der Waals surface area contributed by atoms with Gasteiger partial charge in [0, 0.05) is 12.1 Å². The molecule has 0 spiro atoms. The van der Waals surface area contributed by atoms with Crippen LogP contribution >= 0.6 is 0 Å². The van der Waals surface area contributed by atoms with Crippen LogP contribution in [0.3, 0.4) is 0 Å². The molecule has 0 aliphatic carbocycles. The van der Waals surface area contributed by atoms with Crippen molar-refractivity contribution in [3.8, 4) is 5.75 Å². The molecule has 1 aliphatic rings. The first-order valence-corrected chi connectivity index (χ1v) is 10.2. The Balaban J connectivity index is 1.80. The monoisotopic (exact) mass is 373 g/mol. The van der Waals surface area contributed by atoms with Gasteiger partial charge in [0.15, 0.2) is 5.78 Å². The number of ether oxygens (including phenoxy) is 1. The quantitative estimate of drug-likeness (QED) is 0.730. The molecule has 2 aromatic carbocycles. The predicted octanol–water partition coefficient (Wildman–Crippen LogP) is 3.18. The number of sulfonamides is 1. The number of nitrogens with zero attached hydrogens (tertiary/aromatic N) is 1. The zero-order valence-electron chi connectivity index (χ0n) is 15.0. The Kier molecular flexibility index (Phi) is 5.44. The molecule has 138 valence electrons. The first-order valence-electron chi connectivity index (χ1n) is 8.64. The average molecular weight is 373 g/mol. The third-order valence-electron chi connectivity index (χ3n) is 4.67. The summed E-state index contributed by atoms with van der Waals surface area (Å²) < 4.78 is 32.3. The van der Waals surface area contributed by atoms with Gasteiger partial charge in [-0.15, -0.1) is 0 Å². The fraction of sp³-hybridized carbons (Fsp3) is 0.350. The van der Waals surface area contributed by atoms with Crippen molar-refractivity contribution < 1.29 is 17.9 Å². The summed E-state index contributed by atoms with van der Waals surface area (Å²) in [5.74, 6) is 0.427. The summed E-state index contributed by atoms with van der Waals surface area (Å²) in [4.78, 5) is 12.9. The number of carbonyl (C=O) groups is 1. The molecule has 0 amide bonds. The minimum Gasteiger partial charge on any atom is -0.497 e. The third kappa shape index (κ3) is 3.97. The van der Waals surface area contributed by atoms with Gasteiger partial charge in [-0.05, 0) is 49.6 Å². The largest absolute Gasteiger partial charge is 0.497 e. The Morgan fingerprint density at radius 3 is 2.58 bits per heavy atom. The highest BCUT2D eigenvalue weighted by atomic mass is 32.2. The van der Waals surface area contributed by atoms with Gasteiger partial charge in [0.25, 0.3) is 0 Å². The fourth-order valence-corrected chi connectivity index (χ4v) is 5.14. The van der Waals surface area contributed by atoms with Crippen molar-refractivity contribution in [2.24, 2.45) is 0 Å². The Bertz CT molecular complexity index is 890. The van der Waals surface area contributed by atoms with Crippen LogP contribution in [0.25, 0.3) is 0 Å². The highest BCUT2D eigenvalue weighted by Gasteiger charge is 2.38. The molecule has 1 saturated heterocycles. The SMILES string of the molecule is COc1ccc(C(=O)C2CCCN2S(=O)(=O)Cc2cccc(C)c2)cc1. The predicted molar refractivity (Wildman–Crippen MR) is 101 cm³/mol. The van der Waals surface area contributed by atoms with Gasteiger partial charge in [0.05, 0.1) is 18.9 Å². The van der Waals surface area contributed by atoms with Gasteiger partial charge in [0.2, 0.25) is 10.0 Å². The molecule has 0 bridgehead atoms. The molecule has 1 aliphatic heterocycles. The Labute approximate surface area is 154 Å². The molecule has 2 aromatic rings. The molecule has 0 saturated carbocycles. The summed E-state index contributed by atoms with van der Waals surface area (Å²) in [6.45, 7) is 2.32. The van der Waals surface area contributed by atoms with E-state index >= 15 is 0 Å². The zero-order chi connectivity index (χ0) is 18.7. The van der Waals surface area contributed by atoms with Crippen LogP contribution < -0.4 is 4.74 Å². The van der Waals surface area contributed by atoms with Crippen LogP contribution in [0.1, 0.15) is 34.3 Å². The smallest absolute Gasteiger partial charge is 0.218 e. The molecule has 0 N–H and O–H groups in total. The van der Waals surface area contributed by atoms with E-state index in [1.54, 1.807) is 37.4 Å². The highest BCUT2D eigenvalue weighted by Crippen LogP contribution is 2.27. The summed E-state index contributed by atoms with van der Waals surface area (Å²) >= 11 is 0. The molecule has 1 fully saturated rings. The molecule has 1 unspecified atom stereocenters. The van der Waals surface area contributed by atoms with Crippen molar-refractivity contribution in [2.75, 3.05) is 13.7 Å². The van der Waals surface area contributed by atoms with Crippen molar-refractivity contribution in [3.63, 3.8) is 0 Å². The number of Topliss-reactive ketones (excluding diaryl/α,β-unsaturated/α-hetero) is 1. The second kappa shape index (κ2) is 7.60. The number of aryl methyl sites for hydroxylation is 1. The molecule has 6 heteroatoms. The van der Waals surface area contributed by atoms with Crippen molar-refractivity contribution in [2.45, 2.75) is 31.6 Å². The van der Waals surface area contributed by atoms with E-state index in [9.17, 15) is 13.2 Å². The molecular formula is C20H23NO4S. The lowest BCUT2D eigenvalue weighted by Crippen LogP contribution is -2.41. The Hall–Kier alpha value is -2.18. The average Bonchev–Trinajstić information content (AvgIpc) is 3.11. The van der Waals surface area contributed by atoms with Crippen LogP contribution in [0.4, 0.5) is 0 Å². The number of hydrogen-bond donors (Lipinski definition) is 0. The second-order valence-corrected chi connectivity index (χ2v) is 8.53. The molecule has 0 aromatic heterocycles. The zero-order valence-corrected chi connectivity index (χ0v) is 15.8. The minimum atomic E-state index is -3.56. The second-order valence-electron chi connectivity index (χ2n) is 6.61. The molecule has 26 heavy (non-hydrogen) atoms. The van der Waals surface area contributed by atoms with Gasteiger partial charge in [0.1, 0.15) is 5.75 Å². The van der Waals surface area contributed by atoms with Crippen LogP contribution in [0.5, 0.6) is 5.75 Å². The molecule has 0 radical (unpaired) electrons. The number of ketones is 1. The number of benzene rings is 2. The van der Waals surface area contributed by atoms with Crippen molar-refractivity contribution in [1.82, 2.24) is 4.31 Å². The van der Waals surface area contributed by atoms with E-state index in [1.165, 1.54) is 4.31 Å². The van der Waals surface area contributed by atoms with Crippen LogP contribution in [0, 0.1) is 6.92 Å². The van der Waals surface area contributed by atoms with Gasteiger partial charge >= 0.3 is 0 Å². The topological polar surface area (TPSA) is 63.7 Å². The minimum absolute atomic E-state index is 0.0823. The van der Waals surface area contributed by atoms with E-state index in [0.29, 0.717) is 30.7 Å². The summed E-state index contributed by atoms with van der Waals surface area (Å²) in [5, 5.41) is 0. The maximum atomic E-state index is 12.9. The van der Waals surface area contributed by atoms with E-state index in [4.69, 9.17) is 4.74 Å². The van der Waals surface area contributed by atoms with Crippen molar-refractivity contribution >= 4 is 15.8 Å². The molecular weight excluding hydrogens is 350 g/mol. The van der Waals surface area contributed by atoms with E-state index < -0.39 is 16.1 Å². The van der Waals surface area contributed by atoms with Gasteiger partial charge in [-0.25, -0.2) is 8.42 Å². The molecule has 3 rings (SSSR count). The van der Waals surface area contributed by atoms with E-state index in [0.717, 1.165) is 11.1 Å². The fourth-order valence-electron chi connectivity index (χ4n) is 3.38. The molecule has 5 nitrogen and oxygen atoms in total. The Morgan fingerprint density at radius 1 is 1.19 bits per heavy atom. The lowest BCUT2D eigenvalue weighted by Gasteiger charge is -2.23. The first-order chi connectivity index (χ1) is 12.4. The maximum Gasteiger partial charge on any atom is 0.218 e. The Morgan fingerprint density at radius 2 is 1.92 bits per heavy atom. The van der Waals surface area contributed by atoms with Crippen molar-refractivity contribution in [3.05, 3.63) is 65.2 Å². The summed E-state index contributed by atoms with van der Waals surface area (Å²) in [6.07, 6.45) is 1.25. The van der Waals surface area contributed by atoms with Crippen LogP contribution in [0.2, 0.25) is 0 Å². The maximum absolute atomic E-state index is 12.9. The van der Waals surface area contributed by atoms with Crippen LogP contribution in [0.15, 0.2) is 48.5 Å². The summed E-state index contributed by atoms with van der Waals surface area (Å²) in [5.41, 5.74) is 2.27. The van der Waals surface area contributed by atoms with Crippen LogP contribution in [-0.2, 0) is 15.8 Å². The number of methoxy groups -OCH3 is 1. The molecule has 1 heterocycles. The molecule has 1 atom stereocenters. The van der Waals surface area contributed by atoms with Gasteiger partial charge < -0.3 is 4.74 Å². The third-order valence-corrected chi connectivity index (χ3v) is 6.52. The van der Waals surface area contributed by atoms with E-state index in [2.05, 4.69) is 0 Å². The number of carbonyl (C=O) groups excluding carboxylic acids is 1. The van der Waals surface area contributed by atoms with E-state index in [1.807, 2.05) is 25.1 Å². The lowest BCUT2D eigenvalue weighted by atomic mass is 10.0. The van der Waals surface area contributed by atoms with Crippen molar-refractivity contribution in [1.29, 1.82) is 0 Å². The normalized spacial score (nSPS) is 18.0. The standard InChI is InChI=1S/C20H23NO4S/c1-15-5-3-6-16(13-15)14-26(23,24)21-12-4-7-19(21)20(22)17-8-10-18(25-2)11-9-17/h3,5-6,8-11,13,19H,4,7,12,14H2,1-2H3. The summed E-state index contributed by atoms with van der Waals surface area (Å²) in [6, 6.07) is 13.6. The first kappa shape index (κ1) is 18.6. The highest BCUT2D eigenvalue weighted by molar-refractivity contribution is 7.88. The summed E-state index contributed by atoms with van der Waals surface area (Å²) in [7, 11) is -1.99. The van der Waals surface area contributed by atoms with Gasteiger partial charge in [-0.2, -0.15) is 4.31 Å². The van der Waals surface area contributed by atoms with Gasteiger partial charge in [-0.3, -0.25) is 4.79 Å².